The minimum Gasteiger partial charge on any atom is -0.361 e. The third-order valence-corrected chi connectivity index (χ3v) is 3.95. The third kappa shape index (κ3) is 2.73. The molecule has 1 aromatic heterocycles. The molecule has 0 unspecified atom stereocenters. The molecule has 1 N–H and O–H groups in total. The highest BCUT2D eigenvalue weighted by Gasteiger charge is 2.05. The van der Waals surface area contributed by atoms with E-state index in [2.05, 4.69) is 73.4 Å². The van der Waals surface area contributed by atoms with Gasteiger partial charge in [-0.05, 0) is 50.1 Å². The maximum absolute atomic E-state index is 4.86. The summed E-state index contributed by atoms with van der Waals surface area (Å²) in [4.78, 5) is 8.07. The van der Waals surface area contributed by atoms with Crippen molar-refractivity contribution in [2.45, 2.75) is 20.8 Å². The Morgan fingerprint density at radius 2 is 1.91 bits per heavy atom. The summed E-state index contributed by atoms with van der Waals surface area (Å²) in [6.07, 6.45) is 4.03. The Hall–Kier alpha value is -2.61. The summed E-state index contributed by atoms with van der Waals surface area (Å²) in [5.41, 5.74) is 6.78. The number of aliphatic imine (C=N–C) groups is 1. The van der Waals surface area contributed by atoms with E-state index >= 15 is 0 Å². The Morgan fingerprint density at radius 3 is 2.68 bits per heavy atom. The van der Waals surface area contributed by atoms with Crippen molar-refractivity contribution in [2.75, 3.05) is 0 Å². The van der Waals surface area contributed by atoms with E-state index in [1.165, 1.54) is 16.5 Å². The molecule has 22 heavy (non-hydrogen) atoms. The zero-order chi connectivity index (χ0) is 15.5. The molecule has 0 aliphatic heterocycles. The van der Waals surface area contributed by atoms with Gasteiger partial charge in [0.25, 0.3) is 0 Å². The Kier molecular flexibility index (Phi) is 3.92. The zero-order valence-corrected chi connectivity index (χ0v) is 13.2. The van der Waals surface area contributed by atoms with Gasteiger partial charge in [0, 0.05) is 28.4 Å². The van der Waals surface area contributed by atoms with Crippen LogP contribution in [-0.4, -0.2) is 10.7 Å². The molecule has 2 aromatic carbocycles. The molecule has 0 bridgehead atoms. The Morgan fingerprint density at radius 1 is 1.09 bits per heavy atom. The standard InChI is InChI=1S/C20H20N2/c1-4-19(18-8-6-5-7-14(18)2)22-15(3)16-9-10-20-17(13-16)11-12-21-20/h4-13,21H,1-3H3/b19-4-,22-15?. The lowest BCUT2D eigenvalue weighted by Crippen LogP contribution is -1.96. The molecule has 0 atom stereocenters. The summed E-state index contributed by atoms with van der Waals surface area (Å²) >= 11 is 0. The third-order valence-electron chi connectivity index (χ3n) is 3.95. The highest BCUT2D eigenvalue weighted by Crippen LogP contribution is 2.22. The monoisotopic (exact) mass is 288 g/mol. The predicted octanol–water partition coefficient (Wildman–Crippen LogP) is 5.35. The lowest BCUT2D eigenvalue weighted by Gasteiger charge is -2.08. The minimum atomic E-state index is 1.02. The molecule has 3 aromatic rings. The van der Waals surface area contributed by atoms with E-state index in [0.717, 1.165) is 22.5 Å². The van der Waals surface area contributed by atoms with Gasteiger partial charge < -0.3 is 4.98 Å². The highest BCUT2D eigenvalue weighted by atomic mass is 14.8. The van der Waals surface area contributed by atoms with Crippen LogP contribution in [0.3, 0.4) is 0 Å². The van der Waals surface area contributed by atoms with Crippen LogP contribution in [0.1, 0.15) is 30.5 Å². The fourth-order valence-corrected chi connectivity index (χ4v) is 2.66. The molecule has 0 fully saturated rings. The summed E-state index contributed by atoms with van der Waals surface area (Å²) in [7, 11) is 0. The molecule has 0 saturated heterocycles. The van der Waals surface area contributed by atoms with Crippen molar-refractivity contribution in [3.63, 3.8) is 0 Å². The van der Waals surface area contributed by atoms with E-state index in [4.69, 9.17) is 4.99 Å². The number of hydrogen-bond acceptors (Lipinski definition) is 1. The minimum absolute atomic E-state index is 1.02. The lowest BCUT2D eigenvalue weighted by molar-refractivity contribution is 1.37. The Labute approximate surface area is 131 Å². The lowest BCUT2D eigenvalue weighted by atomic mass is 10.0. The fourth-order valence-electron chi connectivity index (χ4n) is 2.66. The quantitative estimate of drug-likeness (QED) is 0.630. The summed E-state index contributed by atoms with van der Waals surface area (Å²) in [6.45, 7) is 6.22. The summed E-state index contributed by atoms with van der Waals surface area (Å²) in [5.74, 6) is 0. The van der Waals surface area contributed by atoms with Gasteiger partial charge in [0.2, 0.25) is 0 Å². The fraction of sp³-hybridized carbons (Fsp3) is 0.150. The van der Waals surface area contributed by atoms with E-state index in [1.54, 1.807) is 0 Å². The summed E-state index contributed by atoms with van der Waals surface area (Å²) in [6, 6.07) is 16.8. The molecule has 0 aliphatic rings. The molecule has 3 rings (SSSR count). The first-order valence-electron chi connectivity index (χ1n) is 7.54. The zero-order valence-electron chi connectivity index (χ0n) is 13.2. The topological polar surface area (TPSA) is 28.1 Å². The van der Waals surface area contributed by atoms with Crippen molar-refractivity contribution in [3.8, 4) is 0 Å². The number of H-pyrrole nitrogens is 1. The van der Waals surface area contributed by atoms with Crippen molar-refractivity contribution in [1.29, 1.82) is 0 Å². The molecule has 0 aliphatic carbocycles. The smallest absolute Gasteiger partial charge is 0.0665 e. The molecule has 110 valence electrons. The summed E-state index contributed by atoms with van der Waals surface area (Å²) < 4.78 is 0. The average Bonchev–Trinajstić information content (AvgIpc) is 3.00. The van der Waals surface area contributed by atoms with Gasteiger partial charge in [-0.2, -0.15) is 0 Å². The van der Waals surface area contributed by atoms with Crippen LogP contribution in [-0.2, 0) is 0 Å². The number of aromatic amines is 1. The van der Waals surface area contributed by atoms with Crippen molar-refractivity contribution < 1.29 is 0 Å². The number of allylic oxidation sites excluding steroid dienone is 1. The Bertz CT molecular complexity index is 866. The van der Waals surface area contributed by atoms with Crippen LogP contribution in [0.25, 0.3) is 16.6 Å². The highest BCUT2D eigenvalue weighted by molar-refractivity contribution is 6.04. The van der Waals surface area contributed by atoms with Crippen LogP contribution in [0, 0.1) is 6.92 Å². The molecular weight excluding hydrogens is 268 g/mol. The molecule has 2 heteroatoms. The van der Waals surface area contributed by atoms with Crippen LogP contribution in [0.4, 0.5) is 0 Å². The normalized spacial score (nSPS) is 12.9. The number of hydrogen-bond donors (Lipinski definition) is 1. The summed E-state index contributed by atoms with van der Waals surface area (Å²) in [5, 5.41) is 1.21. The molecule has 0 saturated carbocycles. The number of nitrogens with one attached hydrogen (secondary N) is 1. The van der Waals surface area contributed by atoms with E-state index in [9.17, 15) is 0 Å². The second-order valence-corrected chi connectivity index (χ2v) is 5.47. The average molecular weight is 288 g/mol. The SMILES string of the molecule is C/C=C(\N=C(C)c1ccc2[nH]ccc2c1)c1ccccc1C. The van der Waals surface area contributed by atoms with Gasteiger partial charge in [-0.3, -0.25) is 4.99 Å². The van der Waals surface area contributed by atoms with Crippen LogP contribution >= 0.6 is 0 Å². The first kappa shape index (κ1) is 14.3. The van der Waals surface area contributed by atoms with Gasteiger partial charge in [-0.1, -0.05) is 36.4 Å². The number of aromatic nitrogens is 1. The van der Waals surface area contributed by atoms with Gasteiger partial charge in [-0.25, -0.2) is 0 Å². The van der Waals surface area contributed by atoms with E-state index in [0.29, 0.717) is 0 Å². The maximum Gasteiger partial charge on any atom is 0.0665 e. The van der Waals surface area contributed by atoms with Gasteiger partial charge in [-0.15, -0.1) is 0 Å². The van der Waals surface area contributed by atoms with E-state index in [1.807, 2.05) is 13.1 Å². The molecule has 2 nitrogen and oxygen atoms in total. The number of benzene rings is 2. The van der Waals surface area contributed by atoms with Crippen LogP contribution in [0.2, 0.25) is 0 Å². The number of nitrogens with zero attached hydrogens (tertiary/aromatic N) is 1. The predicted molar refractivity (Wildman–Crippen MR) is 95.3 cm³/mol. The van der Waals surface area contributed by atoms with Crippen molar-refractivity contribution in [3.05, 3.63) is 77.5 Å². The maximum atomic E-state index is 4.86. The van der Waals surface area contributed by atoms with Crippen molar-refractivity contribution >= 4 is 22.3 Å². The largest absolute Gasteiger partial charge is 0.361 e. The molecule has 1 heterocycles. The van der Waals surface area contributed by atoms with Crippen molar-refractivity contribution in [1.82, 2.24) is 4.98 Å². The van der Waals surface area contributed by atoms with Gasteiger partial charge in [0.15, 0.2) is 0 Å². The molecule has 0 radical (unpaired) electrons. The first-order valence-corrected chi connectivity index (χ1v) is 7.54. The second-order valence-electron chi connectivity index (χ2n) is 5.47. The number of fused-ring (bicyclic) bond motifs is 1. The van der Waals surface area contributed by atoms with Crippen LogP contribution in [0.5, 0.6) is 0 Å². The number of aryl methyl sites for hydroxylation is 1. The van der Waals surface area contributed by atoms with Crippen LogP contribution < -0.4 is 0 Å². The van der Waals surface area contributed by atoms with E-state index in [-0.39, 0.29) is 0 Å². The second kappa shape index (κ2) is 6.02. The van der Waals surface area contributed by atoms with E-state index < -0.39 is 0 Å². The molecule has 0 spiro atoms. The van der Waals surface area contributed by atoms with Crippen LogP contribution in [0.15, 0.2) is 65.8 Å². The van der Waals surface area contributed by atoms with Gasteiger partial charge in [0.05, 0.1) is 5.70 Å². The van der Waals surface area contributed by atoms with Gasteiger partial charge >= 0.3 is 0 Å². The molecule has 0 amide bonds. The van der Waals surface area contributed by atoms with Gasteiger partial charge in [0.1, 0.15) is 0 Å². The number of rotatable bonds is 3. The Balaban J connectivity index is 2.00. The molecular formula is C20H20N2. The van der Waals surface area contributed by atoms with Crippen molar-refractivity contribution in [2.24, 2.45) is 4.99 Å². The first-order chi connectivity index (χ1) is 10.7.